The van der Waals surface area contributed by atoms with Crippen molar-refractivity contribution in [3.05, 3.63) is 18.5 Å². The predicted octanol–water partition coefficient (Wildman–Crippen LogP) is 2.17. The summed E-state index contributed by atoms with van der Waals surface area (Å²) < 4.78 is 0. The summed E-state index contributed by atoms with van der Waals surface area (Å²) in [7, 11) is 0. The summed E-state index contributed by atoms with van der Waals surface area (Å²) >= 11 is 0. The molecule has 1 aromatic heterocycles. The van der Waals surface area contributed by atoms with Crippen LogP contribution in [0.15, 0.2) is 18.5 Å². The van der Waals surface area contributed by atoms with E-state index in [2.05, 4.69) is 9.97 Å². The van der Waals surface area contributed by atoms with Crippen LogP contribution in [0.1, 0.15) is 0 Å². The van der Waals surface area contributed by atoms with Crippen molar-refractivity contribution in [2.24, 2.45) is 0 Å². The molecule has 3 nitrogen and oxygen atoms in total. The van der Waals surface area contributed by atoms with Crippen LogP contribution in [-0.4, -0.2) is 9.97 Å². The number of hydrogen-bond acceptors (Lipinski definition) is 3. The van der Waals surface area contributed by atoms with E-state index in [1.165, 1.54) is 0 Å². The highest BCUT2D eigenvalue weighted by molar-refractivity contribution is 5.86. The number of hydrogen-bond donors (Lipinski definition) is 1. The second-order valence-electron chi connectivity index (χ2n) is 1.11. The van der Waals surface area contributed by atoms with Crippen LogP contribution in [0.2, 0.25) is 0 Å². The highest BCUT2D eigenvalue weighted by Gasteiger charge is 1.75. The van der Waals surface area contributed by atoms with Crippen molar-refractivity contribution in [1.29, 1.82) is 0 Å². The van der Waals surface area contributed by atoms with Crippen molar-refractivity contribution < 1.29 is 0 Å². The summed E-state index contributed by atoms with van der Waals surface area (Å²) in [4.78, 5) is 7.29. The fraction of sp³-hybridized carbons (Fsp3) is 0. The Kier molecular flexibility index (Phi) is 42.8. The second kappa shape index (κ2) is 17.4. The van der Waals surface area contributed by atoms with Crippen molar-refractivity contribution >= 4 is 68.0 Å². The molecule has 0 radical (unpaired) electrons. The number of nitrogen functional groups attached to an aromatic ring is 1. The van der Waals surface area contributed by atoms with Crippen molar-refractivity contribution in [3.8, 4) is 0 Å². The van der Waals surface area contributed by atoms with Crippen molar-refractivity contribution in [2.75, 3.05) is 5.73 Å². The highest BCUT2D eigenvalue weighted by atomic mass is 35.5. The van der Waals surface area contributed by atoms with Crippen molar-refractivity contribution in [3.63, 3.8) is 0 Å². The molecule has 0 unspecified atom stereocenters. The van der Waals surface area contributed by atoms with E-state index in [1.54, 1.807) is 18.5 Å². The Bertz CT molecular complexity index is 149. The highest BCUT2D eigenvalue weighted by Crippen LogP contribution is 1.81. The molecular weight excluding hydrogens is 267 g/mol. The van der Waals surface area contributed by atoms with Crippen LogP contribution < -0.4 is 5.73 Å². The number of anilines is 1. The largest absolute Gasteiger partial charge is 0.368 e. The SMILES string of the molecule is Cl.Cl.Cl.Cl.Cl.Nc1ncccn1. The summed E-state index contributed by atoms with van der Waals surface area (Å²) in [5.74, 6) is 0.322. The Hall–Kier alpha value is 0.330. The molecular formula is C4H10Cl5N3. The lowest BCUT2D eigenvalue weighted by molar-refractivity contribution is 1.19. The van der Waals surface area contributed by atoms with E-state index in [0.717, 1.165) is 0 Å². The van der Waals surface area contributed by atoms with E-state index < -0.39 is 0 Å². The smallest absolute Gasteiger partial charge is 0.219 e. The molecule has 0 aromatic carbocycles. The molecule has 1 rings (SSSR count). The molecule has 0 aliphatic rings. The molecule has 0 amide bonds. The van der Waals surface area contributed by atoms with E-state index in [1.807, 2.05) is 0 Å². The molecule has 76 valence electrons. The second-order valence-corrected chi connectivity index (χ2v) is 1.11. The third-order valence-electron chi connectivity index (χ3n) is 0.586. The summed E-state index contributed by atoms with van der Waals surface area (Å²) in [6.45, 7) is 0. The Balaban J connectivity index is -0.0000000327. The molecule has 12 heavy (non-hydrogen) atoms. The normalized spacial score (nSPS) is 5.00. The summed E-state index contributed by atoms with van der Waals surface area (Å²) in [5.41, 5.74) is 5.14. The molecule has 0 fully saturated rings. The van der Waals surface area contributed by atoms with Gasteiger partial charge < -0.3 is 5.73 Å². The maximum Gasteiger partial charge on any atom is 0.219 e. The van der Waals surface area contributed by atoms with Gasteiger partial charge in [0.2, 0.25) is 5.95 Å². The third-order valence-corrected chi connectivity index (χ3v) is 0.586. The zero-order valence-electron chi connectivity index (χ0n) is 5.75. The topological polar surface area (TPSA) is 51.8 Å². The van der Waals surface area contributed by atoms with Crippen LogP contribution in [0.5, 0.6) is 0 Å². The van der Waals surface area contributed by atoms with Gasteiger partial charge in [-0.3, -0.25) is 0 Å². The first-order chi connectivity index (χ1) is 3.39. The van der Waals surface area contributed by atoms with Gasteiger partial charge in [0.1, 0.15) is 0 Å². The molecule has 0 spiro atoms. The molecule has 0 saturated heterocycles. The van der Waals surface area contributed by atoms with E-state index in [0.29, 0.717) is 5.95 Å². The van der Waals surface area contributed by atoms with Gasteiger partial charge >= 0.3 is 0 Å². The molecule has 2 N–H and O–H groups in total. The van der Waals surface area contributed by atoms with Gasteiger partial charge in [-0.1, -0.05) is 0 Å². The minimum atomic E-state index is 0. The van der Waals surface area contributed by atoms with Crippen LogP contribution >= 0.6 is 62.0 Å². The molecule has 0 atom stereocenters. The van der Waals surface area contributed by atoms with Gasteiger partial charge in [0, 0.05) is 12.4 Å². The third kappa shape index (κ3) is 13.0. The minimum absolute atomic E-state index is 0. The van der Waals surface area contributed by atoms with E-state index in [9.17, 15) is 0 Å². The van der Waals surface area contributed by atoms with Gasteiger partial charge in [-0.05, 0) is 6.07 Å². The summed E-state index contributed by atoms with van der Waals surface area (Å²) in [6.07, 6.45) is 3.20. The van der Waals surface area contributed by atoms with Gasteiger partial charge in [0.15, 0.2) is 0 Å². The van der Waals surface area contributed by atoms with Gasteiger partial charge in [-0.25, -0.2) is 9.97 Å². The number of halogens is 5. The van der Waals surface area contributed by atoms with Crippen LogP contribution in [0.25, 0.3) is 0 Å². The first-order valence-electron chi connectivity index (χ1n) is 1.92. The maximum absolute atomic E-state index is 5.14. The minimum Gasteiger partial charge on any atom is -0.368 e. The standard InChI is InChI=1S/C4H5N3.5ClH/c5-4-6-2-1-3-7-4;;;;;/h1-3H,(H2,5,6,7);5*1H. The van der Waals surface area contributed by atoms with Crippen molar-refractivity contribution in [2.45, 2.75) is 0 Å². The van der Waals surface area contributed by atoms with Gasteiger partial charge in [-0.15, -0.1) is 62.0 Å². The zero-order chi connectivity index (χ0) is 5.11. The Labute approximate surface area is 102 Å². The number of rotatable bonds is 0. The lowest BCUT2D eigenvalue weighted by Crippen LogP contribution is -1.90. The fourth-order valence-electron chi connectivity index (χ4n) is 0.311. The average Bonchev–Trinajstić information content (AvgIpc) is 1.69. The molecule has 0 bridgehead atoms. The lowest BCUT2D eigenvalue weighted by atomic mass is 10.7. The van der Waals surface area contributed by atoms with Gasteiger partial charge in [0.25, 0.3) is 0 Å². The number of aromatic nitrogens is 2. The predicted molar refractivity (Wildman–Crippen MR) is 62.7 cm³/mol. The van der Waals surface area contributed by atoms with Gasteiger partial charge in [-0.2, -0.15) is 0 Å². The molecule has 8 heteroatoms. The van der Waals surface area contributed by atoms with E-state index in [4.69, 9.17) is 5.73 Å². The average molecular weight is 277 g/mol. The number of nitrogens with two attached hydrogens (primary N) is 1. The van der Waals surface area contributed by atoms with E-state index >= 15 is 0 Å². The Morgan fingerprint density at radius 1 is 0.833 bits per heavy atom. The van der Waals surface area contributed by atoms with Crippen LogP contribution in [0, 0.1) is 0 Å². The first kappa shape index (κ1) is 29.5. The van der Waals surface area contributed by atoms with Crippen LogP contribution in [0.4, 0.5) is 5.95 Å². The number of nitrogens with zero attached hydrogens (tertiary/aromatic N) is 2. The lowest BCUT2D eigenvalue weighted by Gasteiger charge is -1.82. The molecule has 1 aromatic rings. The molecule has 0 saturated carbocycles. The van der Waals surface area contributed by atoms with Gasteiger partial charge in [0.05, 0.1) is 0 Å². The first-order valence-corrected chi connectivity index (χ1v) is 1.92. The Morgan fingerprint density at radius 3 is 1.33 bits per heavy atom. The summed E-state index contributed by atoms with van der Waals surface area (Å²) in [5, 5.41) is 0. The zero-order valence-corrected chi connectivity index (χ0v) is 9.83. The quantitative estimate of drug-likeness (QED) is 0.790. The van der Waals surface area contributed by atoms with Crippen LogP contribution in [0.3, 0.4) is 0 Å². The summed E-state index contributed by atoms with van der Waals surface area (Å²) in [6, 6.07) is 1.72. The Morgan fingerprint density at radius 2 is 1.17 bits per heavy atom. The monoisotopic (exact) mass is 275 g/mol. The van der Waals surface area contributed by atoms with Crippen LogP contribution in [-0.2, 0) is 0 Å². The van der Waals surface area contributed by atoms with E-state index in [-0.39, 0.29) is 62.0 Å². The fourth-order valence-corrected chi connectivity index (χ4v) is 0.311. The molecule has 1 heterocycles. The molecule has 0 aliphatic carbocycles. The molecule has 0 aliphatic heterocycles. The van der Waals surface area contributed by atoms with Crippen molar-refractivity contribution in [1.82, 2.24) is 9.97 Å². The maximum atomic E-state index is 5.14.